The lowest BCUT2D eigenvalue weighted by atomic mass is 10.2. The number of hydrogen-bond acceptors (Lipinski definition) is 4. The number of halogens is 1. The molecule has 2 rings (SSSR count). The number of nitrogens with one attached hydrogen (secondary N) is 1. The molecule has 0 unspecified atom stereocenters. The molecule has 2 atom stereocenters. The monoisotopic (exact) mass is 393 g/mol. The van der Waals surface area contributed by atoms with E-state index >= 15 is 0 Å². The van der Waals surface area contributed by atoms with Crippen LogP contribution in [0, 0.1) is 6.92 Å². The molecule has 0 bridgehead atoms. The number of hydrogen-bond donors (Lipinski definition) is 1. The maximum absolute atomic E-state index is 12.4. The van der Waals surface area contributed by atoms with Gasteiger partial charge in [0.1, 0.15) is 0 Å². The van der Waals surface area contributed by atoms with Crippen LogP contribution < -0.4 is 5.32 Å². The summed E-state index contributed by atoms with van der Waals surface area (Å²) in [7, 11) is -1.30. The van der Waals surface area contributed by atoms with Crippen LogP contribution in [0.2, 0.25) is 5.02 Å². The number of aryl methyl sites for hydroxylation is 1. The van der Waals surface area contributed by atoms with Gasteiger partial charge in [-0.25, -0.2) is 4.79 Å². The number of rotatable bonds is 6. The molecule has 0 radical (unpaired) electrons. The van der Waals surface area contributed by atoms with E-state index in [1.807, 2.05) is 6.92 Å². The van der Waals surface area contributed by atoms with Crippen LogP contribution in [0.25, 0.3) is 0 Å². The number of ether oxygens (including phenoxy) is 1. The molecular formula is C19H20ClNO4S. The highest BCUT2D eigenvalue weighted by Gasteiger charge is 2.22. The summed E-state index contributed by atoms with van der Waals surface area (Å²) in [6, 6.07) is 11.7. The van der Waals surface area contributed by atoms with Crippen molar-refractivity contribution in [2.75, 3.05) is 11.1 Å². The first-order valence-corrected chi connectivity index (χ1v) is 9.78. The van der Waals surface area contributed by atoms with E-state index in [0.29, 0.717) is 21.4 Å². The van der Waals surface area contributed by atoms with Crippen molar-refractivity contribution in [3.63, 3.8) is 0 Å². The Bertz CT molecular complexity index is 853. The lowest BCUT2D eigenvalue weighted by molar-refractivity contribution is -0.123. The highest BCUT2D eigenvalue weighted by molar-refractivity contribution is 7.85. The maximum Gasteiger partial charge on any atom is 0.340 e. The Morgan fingerprint density at radius 2 is 1.92 bits per heavy atom. The van der Waals surface area contributed by atoms with Crippen LogP contribution in [-0.4, -0.2) is 27.9 Å². The van der Waals surface area contributed by atoms with Crippen molar-refractivity contribution in [2.45, 2.75) is 31.8 Å². The van der Waals surface area contributed by atoms with Gasteiger partial charge in [0.05, 0.1) is 21.3 Å². The third-order valence-corrected chi connectivity index (χ3v) is 5.33. The second kappa shape index (κ2) is 8.96. The third-order valence-electron chi connectivity index (χ3n) is 3.72. The quantitative estimate of drug-likeness (QED) is 0.754. The Morgan fingerprint density at radius 1 is 1.23 bits per heavy atom. The van der Waals surface area contributed by atoms with E-state index in [2.05, 4.69) is 5.32 Å². The van der Waals surface area contributed by atoms with Gasteiger partial charge in [-0.3, -0.25) is 9.00 Å². The molecular weight excluding hydrogens is 374 g/mol. The average Bonchev–Trinajstić information content (AvgIpc) is 2.63. The zero-order chi connectivity index (χ0) is 19.3. The van der Waals surface area contributed by atoms with Crippen LogP contribution in [-0.2, 0) is 20.3 Å². The maximum atomic E-state index is 12.4. The SMILES string of the molecule is CC[S@@](=O)c1ccccc1C(=O)O[C@@H](C)C(=O)Nc1cc(Cl)ccc1C. The van der Waals surface area contributed by atoms with Gasteiger partial charge in [0.2, 0.25) is 0 Å². The Balaban J connectivity index is 2.11. The predicted molar refractivity (Wildman–Crippen MR) is 103 cm³/mol. The largest absolute Gasteiger partial charge is 0.449 e. The molecule has 1 N–H and O–H groups in total. The average molecular weight is 394 g/mol. The van der Waals surface area contributed by atoms with Crippen LogP contribution >= 0.6 is 11.6 Å². The van der Waals surface area contributed by atoms with E-state index in [1.165, 1.54) is 13.0 Å². The number of benzene rings is 2. The highest BCUT2D eigenvalue weighted by atomic mass is 35.5. The zero-order valence-corrected chi connectivity index (χ0v) is 16.3. The Kier molecular flexibility index (Phi) is 6.94. The third kappa shape index (κ3) is 4.93. The molecule has 0 aromatic heterocycles. The number of carbonyl (C=O) groups is 2. The van der Waals surface area contributed by atoms with Gasteiger partial charge in [0, 0.05) is 16.5 Å². The summed E-state index contributed by atoms with van der Waals surface area (Å²) in [4.78, 5) is 25.1. The summed E-state index contributed by atoms with van der Waals surface area (Å²) < 4.78 is 17.3. The van der Waals surface area contributed by atoms with Crippen molar-refractivity contribution in [2.24, 2.45) is 0 Å². The number of carbonyl (C=O) groups excluding carboxylic acids is 2. The second-order valence-corrected chi connectivity index (χ2v) is 7.77. The fraction of sp³-hybridized carbons (Fsp3) is 0.263. The molecule has 0 saturated carbocycles. The molecule has 26 heavy (non-hydrogen) atoms. The van der Waals surface area contributed by atoms with E-state index in [9.17, 15) is 13.8 Å². The Morgan fingerprint density at radius 3 is 2.62 bits per heavy atom. The zero-order valence-electron chi connectivity index (χ0n) is 14.7. The van der Waals surface area contributed by atoms with E-state index in [1.54, 1.807) is 43.3 Å². The van der Waals surface area contributed by atoms with Crippen molar-refractivity contribution in [1.29, 1.82) is 0 Å². The van der Waals surface area contributed by atoms with Crippen LogP contribution in [0.5, 0.6) is 0 Å². The predicted octanol–water partition coefficient (Wildman–Crippen LogP) is 3.96. The summed E-state index contributed by atoms with van der Waals surface area (Å²) in [6.45, 7) is 5.08. The molecule has 7 heteroatoms. The molecule has 0 aliphatic carbocycles. The first-order valence-electron chi connectivity index (χ1n) is 8.09. The fourth-order valence-corrected chi connectivity index (χ4v) is 3.34. The van der Waals surface area contributed by atoms with Crippen LogP contribution in [0.1, 0.15) is 29.8 Å². The standard InChI is InChI=1S/C19H20ClNO4S/c1-4-26(24)17-8-6-5-7-15(17)19(23)25-13(3)18(22)21-16-11-14(20)10-9-12(16)2/h5-11,13H,4H2,1-3H3,(H,21,22)/t13-,26+/m0/s1. The normalized spacial score (nSPS) is 12.9. The summed E-state index contributed by atoms with van der Waals surface area (Å²) in [5.41, 5.74) is 1.59. The van der Waals surface area contributed by atoms with Gasteiger partial charge in [-0.15, -0.1) is 0 Å². The summed E-state index contributed by atoms with van der Waals surface area (Å²) in [5.74, 6) is -0.778. The van der Waals surface area contributed by atoms with E-state index in [0.717, 1.165) is 5.56 Å². The van der Waals surface area contributed by atoms with Crippen molar-refractivity contribution >= 4 is 40.0 Å². The van der Waals surface area contributed by atoms with Gasteiger partial charge in [0.25, 0.3) is 5.91 Å². The highest BCUT2D eigenvalue weighted by Crippen LogP contribution is 2.21. The van der Waals surface area contributed by atoms with Gasteiger partial charge in [-0.1, -0.05) is 36.7 Å². The summed E-state index contributed by atoms with van der Waals surface area (Å²) in [6.07, 6.45) is -1.02. The van der Waals surface area contributed by atoms with Gasteiger partial charge in [-0.05, 0) is 43.7 Å². The van der Waals surface area contributed by atoms with Crippen molar-refractivity contribution in [3.8, 4) is 0 Å². The molecule has 0 heterocycles. The minimum absolute atomic E-state index is 0.200. The fourth-order valence-electron chi connectivity index (χ4n) is 2.23. The van der Waals surface area contributed by atoms with Crippen LogP contribution in [0.3, 0.4) is 0 Å². The Hall–Kier alpha value is -2.18. The number of esters is 1. The lowest BCUT2D eigenvalue weighted by Gasteiger charge is -2.16. The van der Waals surface area contributed by atoms with Gasteiger partial charge >= 0.3 is 5.97 Å². The smallest absolute Gasteiger partial charge is 0.340 e. The minimum Gasteiger partial charge on any atom is -0.449 e. The number of amides is 1. The van der Waals surface area contributed by atoms with Gasteiger partial charge in [0.15, 0.2) is 6.10 Å². The van der Waals surface area contributed by atoms with Crippen molar-refractivity contribution in [3.05, 3.63) is 58.6 Å². The first-order chi connectivity index (χ1) is 12.3. The lowest BCUT2D eigenvalue weighted by Crippen LogP contribution is -2.30. The minimum atomic E-state index is -1.30. The van der Waals surface area contributed by atoms with Gasteiger partial charge < -0.3 is 10.1 Å². The molecule has 5 nitrogen and oxygen atoms in total. The van der Waals surface area contributed by atoms with Crippen molar-refractivity contribution in [1.82, 2.24) is 0 Å². The first kappa shape index (κ1) is 20.1. The molecule has 0 spiro atoms. The van der Waals surface area contributed by atoms with Crippen molar-refractivity contribution < 1.29 is 18.5 Å². The topological polar surface area (TPSA) is 72.5 Å². The van der Waals surface area contributed by atoms with Crippen LogP contribution in [0.15, 0.2) is 47.4 Å². The number of anilines is 1. The molecule has 138 valence electrons. The molecule has 0 aliphatic rings. The summed E-state index contributed by atoms with van der Waals surface area (Å²) in [5, 5.41) is 3.19. The molecule has 2 aromatic carbocycles. The molecule has 0 aliphatic heterocycles. The molecule has 0 fully saturated rings. The van der Waals surface area contributed by atoms with Crippen LogP contribution in [0.4, 0.5) is 5.69 Å². The summed E-state index contributed by atoms with van der Waals surface area (Å²) >= 11 is 5.94. The second-order valence-electron chi connectivity index (χ2n) is 5.63. The Labute approximate surface area is 160 Å². The van der Waals surface area contributed by atoms with Gasteiger partial charge in [-0.2, -0.15) is 0 Å². The molecule has 2 aromatic rings. The van der Waals surface area contributed by atoms with E-state index < -0.39 is 28.8 Å². The van der Waals surface area contributed by atoms with E-state index in [-0.39, 0.29) is 5.56 Å². The molecule has 1 amide bonds. The van der Waals surface area contributed by atoms with E-state index in [4.69, 9.17) is 16.3 Å². The molecule has 0 saturated heterocycles.